The van der Waals surface area contributed by atoms with E-state index in [2.05, 4.69) is 10.2 Å². The molecule has 98 valence electrons. The number of rotatable bonds is 5. The fourth-order valence-corrected chi connectivity index (χ4v) is 1.45. The molecule has 6 heteroatoms. The van der Waals surface area contributed by atoms with E-state index in [4.69, 9.17) is 5.11 Å². The van der Waals surface area contributed by atoms with Gasteiger partial charge in [-0.1, -0.05) is 13.0 Å². The van der Waals surface area contributed by atoms with Crippen LogP contribution in [-0.4, -0.2) is 23.7 Å². The van der Waals surface area contributed by atoms with Crippen LogP contribution in [0, 0.1) is 6.92 Å². The molecule has 18 heavy (non-hydrogen) atoms. The number of hydrogen-bond acceptors (Lipinski definition) is 3. The van der Waals surface area contributed by atoms with Gasteiger partial charge in [-0.25, -0.2) is 15.1 Å². The Morgan fingerprint density at radius 3 is 2.72 bits per heavy atom. The fourth-order valence-electron chi connectivity index (χ4n) is 1.45. The lowest BCUT2D eigenvalue weighted by Crippen LogP contribution is -2.30. The number of carbonyl (C=O) groups is 2. The van der Waals surface area contributed by atoms with Crippen LogP contribution >= 0.6 is 0 Å². The van der Waals surface area contributed by atoms with Gasteiger partial charge in [-0.15, -0.1) is 0 Å². The second-order valence-corrected chi connectivity index (χ2v) is 3.73. The number of hydroxylamine groups is 1. The van der Waals surface area contributed by atoms with Crippen LogP contribution in [0.4, 0.5) is 10.5 Å². The number of carbonyl (C=O) groups excluding carboxylic acids is 1. The first-order valence-corrected chi connectivity index (χ1v) is 5.53. The molecular weight excluding hydrogens is 236 g/mol. The quantitative estimate of drug-likeness (QED) is 0.696. The summed E-state index contributed by atoms with van der Waals surface area (Å²) in [5, 5.41) is 10.9. The smallest absolute Gasteiger partial charge is 0.343 e. The van der Waals surface area contributed by atoms with E-state index in [9.17, 15) is 9.59 Å². The van der Waals surface area contributed by atoms with Crippen LogP contribution in [0.15, 0.2) is 18.2 Å². The van der Waals surface area contributed by atoms with E-state index in [0.29, 0.717) is 5.69 Å². The highest BCUT2D eigenvalue weighted by atomic mass is 16.7. The molecule has 0 saturated carbocycles. The molecule has 6 nitrogen and oxygen atoms in total. The molecule has 0 spiro atoms. The van der Waals surface area contributed by atoms with E-state index in [1.165, 1.54) is 0 Å². The van der Waals surface area contributed by atoms with Gasteiger partial charge in [-0.05, 0) is 36.6 Å². The predicted molar refractivity (Wildman–Crippen MR) is 66.3 cm³/mol. The van der Waals surface area contributed by atoms with Crippen LogP contribution in [0.2, 0.25) is 0 Å². The Morgan fingerprint density at radius 1 is 1.39 bits per heavy atom. The molecule has 1 aromatic rings. The number of benzene rings is 1. The Kier molecular flexibility index (Phi) is 5.13. The Hall–Kier alpha value is -2.08. The number of anilines is 1. The number of hydrogen-bond donors (Lipinski definition) is 3. The average molecular weight is 252 g/mol. The minimum atomic E-state index is -1.15. The maximum absolute atomic E-state index is 11.3. The summed E-state index contributed by atoms with van der Waals surface area (Å²) >= 11 is 0. The van der Waals surface area contributed by atoms with Crippen LogP contribution in [-0.2, 0) is 16.1 Å². The van der Waals surface area contributed by atoms with Gasteiger partial charge in [-0.3, -0.25) is 4.84 Å². The summed E-state index contributed by atoms with van der Waals surface area (Å²) in [6.07, 6.45) is 0.873. The van der Waals surface area contributed by atoms with Crippen LogP contribution in [0.25, 0.3) is 0 Å². The van der Waals surface area contributed by atoms with Crippen molar-refractivity contribution in [2.75, 3.05) is 11.9 Å². The van der Waals surface area contributed by atoms with Crippen LogP contribution in [0.3, 0.4) is 0 Å². The molecule has 0 aliphatic heterocycles. The molecule has 0 saturated heterocycles. The first-order valence-electron chi connectivity index (χ1n) is 5.53. The maximum Gasteiger partial charge on any atom is 0.343 e. The van der Waals surface area contributed by atoms with Crippen molar-refractivity contribution in [1.29, 1.82) is 0 Å². The Bertz CT molecular complexity index is 446. The molecule has 0 heterocycles. The van der Waals surface area contributed by atoms with Gasteiger partial charge in [0.05, 0.1) is 0 Å². The summed E-state index contributed by atoms with van der Waals surface area (Å²) in [5.41, 5.74) is 4.91. The van der Waals surface area contributed by atoms with Crippen molar-refractivity contribution in [1.82, 2.24) is 5.48 Å². The largest absolute Gasteiger partial charge is 0.479 e. The highest BCUT2D eigenvalue weighted by molar-refractivity contribution is 5.88. The van der Waals surface area contributed by atoms with Gasteiger partial charge in [0.2, 0.25) is 0 Å². The van der Waals surface area contributed by atoms with Crippen molar-refractivity contribution in [3.63, 3.8) is 0 Å². The molecular formula is C12H16N2O4. The molecule has 0 aromatic heterocycles. The lowest BCUT2D eigenvalue weighted by Gasteiger charge is -2.09. The summed E-state index contributed by atoms with van der Waals surface area (Å²) in [6, 6.07) is 4.94. The SMILES string of the molecule is CCc1cc(NC(=O)NOCC(=O)O)ccc1C. The van der Waals surface area contributed by atoms with Gasteiger partial charge >= 0.3 is 12.0 Å². The number of aryl methyl sites for hydroxylation is 2. The highest BCUT2D eigenvalue weighted by Crippen LogP contribution is 2.15. The molecule has 0 bridgehead atoms. The first kappa shape index (κ1) is 14.0. The zero-order chi connectivity index (χ0) is 13.5. The third kappa shape index (κ3) is 4.42. The summed E-state index contributed by atoms with van der Waals surface area (Å²) in [4.78, 5) is 25.9. The minimum Gasteiger partial charge on any atom is -0.479 e. The number of nitrogens with one attached hydrogen (secondary N) is 2. The maximum atomic E-state index is 11.3. The standard InChI is InChI=1S/C12H16N2O4/c1-3-9-6-10(5-4-8(9)2)13-12(17)14-18-7-11(15)16/h4-6H,3,7H2,1-2H3,(H,15,16)(H2,13,14,17). The minimum absolute atomic E-state index is 0.582. The number of carboxylic acid groups (broad SMARTS) is 1. The third-order valence-electron chi connectivity index (χ3n) is 2.35. The van der Waals surface area contributed by atoms with Gasteiger partial charge in [-0.2, -0.15) is 0 Å². The van der Waals surface area contributed by atoms with E-state index in [0.717, 1.165) is 17.5 Å². The molecule has 0 atom stereocenters. The average Bonchev–Trinajstić information content (AvgIpc) is 2.31. The van der Waals surface area contributed by atoms with Crippen LogP contribution in [0.1, 0.15) is 18.1 Å². The lowest BCUT2D eigenvalue weighted by atomic mass is 10.1. The third-order valence-corrected chi connectivity index (χ3v) is 2.35. The van der Waals surface area contributed by atoms with Gasteiger partial charge in [0, 0.05) is 5.69 Å². The van der Waals surface area contributed by atoms with Crippen LogP contribution in [0.5, 0.6) is 0 Å². The highest BCUT2D eigenvalue weighted by Gasteiger charge is 2.04. The number of amides is 2. The van der Waals surface area contributed by atoms with E-state index < -0.39 is 18.6 Å². The van der Waals surface area contributed by atoms with E-state index in [1.807, 2.05) is 31.5 Å². The van der Waals surface area contributed by atoms with Gasteiger partial charge in [0.1, 0.15) is 0 Å². The number of aliphatic carboxylic acids is 1. The summed E-state index contributed by atoms with van der Waals surface area (Å²) in [7, 11) is 0. The molecule has 0 unspecified atom stereocenters. The van der Waals surface area contributed by atoms with E-state index in [-0.39, 0.29) is 0 Å². The molecule has 2 amide bonds. The number of carboxylic acids is 1. The molecule has 0 radical (unpaired) electrons. The monoisotopic (exact) mass is 252 g/mol. The van der Waals surface area contributed by atoms with Crippen molar-refractivity contribution in [2.45, 2.75) is 20.3 Å². The van der Waals surface area contributed by atoms with E-state index >= 15 is 0 Å². The zero-order valence-electron chi connectivity index (χ0n) is 10.3. The molecule has 1 aromatic carbocycles. The Labute approximate surface area is 105 Å². The Balaban J connectivity index is 2.51. The van der Waals surface area contributed by atoms with E-state index in [1.54, 1.807) is 6.07 Å². The topological polar surface area (TPSA) is 87.7 Å². The van der Waals surface area contributed by atoms with Gasteiger partial charge in [0.25, 0.3) is 0 Å². The normalized spacial score (nSPS) is 9.89. The summed E-state index contributed by atoms with van der Waals surface area (Å²) in [5.74, 6) is -1.15. The molecule has 0 aliphatic carbocycles. The molecule has 0 fully saturated rings. The van der Waals surface area contributed by atoms with Crippen molar-refractivity contribution in [2.24, 2.45) is 0 Å². The molecule has 3 N–H and O–H groups in total. The van der Waals surface area contributed by atoms with Crippen molar-refractivity contribution >= 4 is 17.7 Å². The number of urea groups is 1. The fraction of sp³-hybridized carbons (Fsp3) is 0.333. The molecule has 1 rings (SSSR count). The van der Waals surface area contributed by atoms with Crippen molar-refractivity contribution in [3.05, 3.63) is 29.3 Å². The van der Waals surface area contributed by atoms with Crippen molar-refractivity contribution in [3.8, 4) is 0 Å². The summed E-state index contributed by atoms with van der Waals surface area (Å²) in [6.45, 7) is 3.45. The van der Waals surface area contributed by atoms with Gasteiger partial charge in [0.15, 0.2) is 6.61 Å². The predicted octanol–water partition coefficient (Wildman–Crippen LogP) is 1.70. The molecule has 0 aliphatic rings. The second-order valence-electron chi connectivity index (χ2n) is 3.73. The van der Waals surface area contributed by atoms with Crippen molar-refractivity contribution < 1.29 is 19.5 Å². The van der Waals surface area contributed by atoms with Crippen LogP contribution < -0.4 is 10.8 Å². The lowest BCUT2D eigenvalue weighted by molar-refractivity contribution is -0.143. The Morgan fingerprint density at radius 2 is 2.11 bits per heavy atom. The first-order chi connectivity index (χ1) is 8.52. The van der Waals surface area contributed by atoms with Gasteiger partial charge < -0.3 is 10.4 Å². The zero-order valence-corrected chi connectivity index (χ0v) is 10.3. The summed E-state index contributed by atoms with van der Waals surface area (Å²) < 4.78 is 0. The second kappa shape index (κ2) is 6.61.